The molecule has 0 aliphatic carbocycles. The molecular formula is C19H18F2N2. The van der Waals surface area contributed by atoms with Gasteiger partial charge in [0.2, 0.25) is 0 Å². The molecule has 0 amide bonds. The number of halogens is 2. The van der Waals surface area contributed by atoms with Crippen LogP contribution in [0.4, 0.5) is 8.78 Å². The summed E-state index contributed by atoms with van der Waals surface area (Å²) < 4.78 is 26.4. The van der Waals surface area contributed by atoms with Crippen LogP contribution < -0.4 is 0 Å². The van der Waals surface area contributed by atoms with E-state index in [-0.39, 0.29) is 17.6 Å². The summed E-state index contributed by atoms with van der Waals surface area (Å²) in [7, 11) is 0. The average Bonchev–Trinajstić information content (AvgIpc) is 3.07. The highest BCUT2D eigenvalue weighted by Gasteiger charge is 2.14. The van der Waals surface area contributed by atoms with Gasteiger partial charge in [-0.2, -0.15) is 0 Å². The van der Waals surface area contributed by atoms with Crippen LogP contribution in [0.5, 0.6) is 0 Å². The Hall–Kier alpha value is -2.49. The van der Waals surface area contributed by atoms with E-state index in [2.05, 4.69) is 9.97 Å². The van der Waals surface area contributed by atoms with E-state index < -0.39 is 0 Å². The van der Waals surface area contributed by atoms with Gasteiger partial charge in [-0.25, -0.2) is 13.8 Å². The van der Waals surface area contributed by atoms with Gasteiger partial charge in [-0.05, 0) is 54.7 Å². The molecule has 0 aliphatic heterocycles. The van der Waals surface area contributed by atoms with E-state index in [9.17, 15) is 8.78 Å². The van der Waals surface area contributed by atoms with Gasteiger partial charge in [-0.3, -0.25) is 0 Å². The van der Waals surface area contributed by atoms with Crippen molar-refractivity contribution in [3.63, 3.8) is 0 Å². The van der Waals surface area contributed by atoms with Crippen LogP contribution in [0.2, 0.25) is 0 Å². The molecule has 2 nitrogen and oxygen atoms in total. The van der Waals surface area contributed by atoms with Crippen LogP contribution in [0.3, 0.4) is 0 Å². The molecule has 2 aromatic carbocycles. The molecule has 0 fully saturated rings. The highest BCUT2D eigenvalue weighted by Crippen LogP contribution is 2.30. The van der Waals surface area contributed by atoms with Gasteiger partial charge in [0.15, 0.2) is 0 Å². The summed E-state index contributed by atoms with van der Waals surface area (Å²) in [5.41, 5.74) is 3.19. The summed E-state index contributed by atoms with van der Waals surface area (Å²) in [6.07, 6.45) is 6.26. The molecule has 0 saturated carbocycles. The standard InChI is InChI=1S/C19H18F2N2/c20-16-8-4-14(5-9-16)19(15-6-10-17(21)11-7-15)3-1-2-18-12-22-13-23-18/h4-13,19H,1-3H2,(H,22,23). The number of aromatic amines is 1. The first-order valence-corrected chi connectivity index (χ1v) is 7.70. The Morgan fingerprint density at radius 2 is 1.43 bits per heavy atom. The zero-order chi connectivity index (χ0) is 16.1. The quantitative estimate of drug-likeness (QED) is 0.693. The Labute approximate surface area is 134 Å². The van der Waals surface area contributed by atoms with E-state index in [0.717, 1.165) is 36.1 Å². The van der Waals surface area contributed by atoms with Gasteiger partial charge in [0.25, 0.3) is 0 Å². The molecule has 3 aromatic rings. The summed E-state index contributed by atoms with van der Waals surface area (Å²) in [5.74, 6) is -0.368. The van der Waals surface area contributed by atoms with E-state index in [1.54, 1.807) is 30.6 Å². The zero-order valence-electron chi connectivity index (χ0n) is 12.7. The van der Waals surface area contributed by atoms with Gasteiger partial charge in [-0.15, -0.1) is 0 Å². The fourth-order valence-electron chi connectivity index (χ4n) is 2.83. The van der Waals surface area contributed by atoms with Crippen molar-refractivity contribution in [1.29, 1.82) is 0 Å². The topological polar surface area (TPSA) is 28.7 Å². The first-order valence-electron chi connectivity index (χ1n) is 7.70. The van der Waals surface area contributed by atoms with Crippen molar-refractivity contribution < 1.29 is 8.78 Å². The summed E-state index contributed by atoms with van der Waals surface area (Å²) in [4.78, 5) is 7.11. The summed E-state index contributed by atoms with van der Waals surface area (Å²) in [5, 5.41) is 0. The number of benzene rings is 2. The van der Waals surface area contributed by atoms with E-state index in [1.165, 1.54) is 24.3 Å². The smallest absolute Gasteiger partial charge is 0.123 e. The summed E-state index contributed by atoms with van der Waals surface area (Å²) in [6, 6.07) is 13.1. The summed E-state index contributed by atoms with van der Waals surface area (Å²) >= 11 is 0. The minimum atomic E-state index is -0.246. The van der Waals surface area contributed by atoms with Crippen LogP contribution in [-0.2, 0) is 6.42 Å². The fraction of sp³-hybridized carbons (Fsp3) is 0.211. The van der Waals surface area contributed by atoms with Crippen molar-refractivity contribution >= 4 is 0 Å². The van der Waals surface area contributed by atoms with Crippen molar-refractivity contribution in [2.24, 2.45) is 0 Å². The lowest BCUT2D eigenvalue weighted by Gasteiger charge is -2.18. The van der Waals surface area contributed by atoms with Crippen LogP contribution in [-0.4, -0.2) is 9.97 Å². The Kier molecular flexibility index (Phi) is 4.81. The Bertz CT molecular complexity index is 674. The number of rotatable bonds is 6. The number of nitrogens with one attached hydrogen (secondary N) is 1. The third kappa shape index (κ3) is 4.03. The van der Waals surface area contributed by atoms with Crippen LogP contribution in [0.15, 0.2) is 61.1 Å². The molecular weight excluding hydrogens is 294 g/mol. The van der Waals surface area contributed by atoms with Gasteiger partial charge >= 0.3 is 0 Å². The lowest BCUT2D eigenvalue weighted by molar-refractivity contribution is 0.617. The molecule has 0 radical (unpaired) electrons. The van der Waals surface area contributed by atoms with Crippen molar-refractivity contribution in [2.45, 2.75) is 25.2 Å². The highest BCUT2D eigenvalue weighted by atomic mass is 19.1. The molecule has 118 valence electrons. The number of aryl methyl sites for hydroxylation is 1. The molecule has 0 saturated heterocycles. The van der Waals surface area contributed by atoms with Crippen molar-refractivity contribution in [2.75, 3.05) is 0 Å². The zero-order valence-corrected chi connectivity index (χ0v) is 12.7. The highest BCUT2D eigenvalue weighted by molar-refractivity contribution is 5.32. The molecule has 0 spiro atoms. The predicted molar refractivity (Wildman–Crippen MR) is 86.2 cm³/mol. The first kappa shape index (κ1) is 15.4. The second kappa shape index (κ2) is 7.18. The Balaban J connectivity index is 1.77. The lowest BCUT2D eigenvalue weighted by atomic mass is 9.87. The Morgan fingerprint density at radius 3 is 1.91 bits per heavy atom. The monoisotopic (exact) mass is 312 g/mol. The third-order valence-electron chi connectivity index (χ3n) is 4.04. The predicted octanol–water partition coefficient (Wildman–Crippen LogP) is 4.84. The van der Waals surface area contributed by atoms with Gasteiger partial charge < -0.3 is 4.98 Å². The molecule has 4 heteroatoms. The fourth-order valence-corrected chi connectivity index (χ4v) is 2.83. The van der Waals surface area contributed by atoms with Gasteiger partial charge in [0, 0.05) is 17.8 Å². The second-order valence-electron chi connectivity index (χ2n) is 5.62. The summed E-state index contributed by atoms with van der Waals surface area (Å²) in [6.45, 7) is 0. The van der Waals surface area contributed by atoms with Crippen LogP contribution in [0.1, 0.15) is 35.6 Å². The molecule has 1 aromatic heterocycles. The molecule has 23 heavy (non-hydrogen) atoms. The molecule has 3 rings (SSSR count). The van der Waals surface area contributed by atoms with Gasteiger partial charge in [-0.1, -0.05) is 24.3 Å². The van der Waals surface area contributed by atoms with E-state index in [1.807, 2.05) is 6.20 Å². The molecule has 0 atom stereocenters. The maximum absolute atomic E-state index is 13.2. The average molecular weight is 312 g/mol. The van der Waals surface area contributed by atoms with Crippen molar-refractivity contribution in [3.05, 3.63) is 89.5 Å². The van der Waals surface area contributed by atoms with Crippen molar-refractivity contribution in [1.82, 2.24) is 9.97 Å². The maximum atomic E-state index is 13.2. The second-order valence-corrected chi connectivity index (χ2v) is 5.62. The SMILES string of the molecule is Fc1ccc(C(CCCc2cnc[nH]2)c2ccc(F)cc2)cc1. The van der Waals surface area contributed by atoms with E-state index in [4.69, 9.17) is 0 Å². The number of hydrogen-bond donors (Lipinski definition) is 1. The van der Waals surface area contributed by atoms with Crippen LogP contribution >= 0.6 is 0 Å². The van der Waals surface area contributed by atoms with Crippen LogP contribution in [0.25, 0.3) is 0 Å². The van der Waals surface area contributed by atoms with Gasteiger partial charge in [0.1, 0.15) is 11.6 Å². The number of aromatic nitrogens is 2. The molecule has 1 N–H and O–H groups in total. The Morgan fingerprint density at radius 1 is 0.870 bits per heavy atom. The number of H-pyrrole nitrogens is 1. The van der Waals surface area contributed by atoms with E-state index >= 15 is 0 Å². The van der Waals surface area contributed by atoms with E-state index in [0.29, 0.717) is 0 Å². The number of nitrogens with zero attached hydrogens (tertiary/aromatic N) is 1. The lowest BCUT2D eigenvalue weighted by Crippen LogP contribution is -2.03. The number of hydrogen-bond acceptors (Lipinski definition) is 1. The van der Waals surface area contributed by atoms with Crippen molar-refractivity contribution in [3.8, 4) is 0 Å². The normalized spacial score (nSPS) is 11.1. The molecule has 1 heterocycles. The third-order valence-corrected chi connectivity index (χ3v) is 4.04. The van der Waals surface area contributed by atoms with Crippen LogP contribution in [0, 0.1) is 11.6 Å². The first-order chi connectivity index (χ1) is 11.2. The van der Waals surface area contributed by atoms with Gasteiger partial charge in [0.05, 0.1) is 6.33 Å². The molecule has 0 bridgehead atoms. The number of imidazole rings is 1. The largest absolute Gasteiger partial charge is 0.348 e. The minimum absolute atomic E-state index is 0.124. The molecule has 0 unspecified atom stereocenters. The minimum Gasteiger partial charge on any atom is -0.348 e. The maximum Gasteiger partial charge on any atom is 0.123 e. The molecule has 0 aliphatic rings.